The Bertz CT molecular complexity index is 1630. The van der Waals surface area contributed by atoms with Gasteiger partial charge in [-0.15, -0.1) is 6.42 Å². The molecule has 8 heteroatoms. The van der Waals surface area contributed by atoms with Gasteiger partial charge in [0.2, 0.25) is 0 Å². The van der Waals surface area contributed by atoms with Gasteiger partial charge in [0.15, 0.2) is 0 Å². The Balaban J connectivity index is 1.67. The number of carbonyl (C=O) groups is 1. The van der Waals surface area contributed by atoms with Gasteiger partial charge in [-0.05, 0) is 77.3 Å². The summed E-state index contributed by atoms with van der Waals surface area (Å²) in [5.74, 6) is 3.09. The van der Waals surface area contributed by atoms with Crippen molar-refractivity contribution in [3.05, 3.63) is 115 Å². The standard InChI is InChI=1S/C30H25BrClN3O3/c1-5-19-6-10-21(11-7-19)27-28-24(15-26(31)34(28)18(2)3)29(36)35(27)25-14-22(32)17-33(30(25)37)16-20-8-12-23(38-4)13-9-20/h1,6-15,17-18,27H,16H2,2-4H3. The minimum atomic E-state index is -0.543. The molecule has 0 fully saturated rings. The number of ether oxygens (including phenoxy) is 1. The Labute approximate surface area is 234 Å². The number of pyridine rings is 1. The fraction of sp³-hybridized carbons (Fsp3) is 0.200. The van der Waals surface area contributed by atoms with Crippen LogP contribution in [0.25, 0.3) is 0 Å². The van der Waals surface area contributed by atoms with E-state index in [1.54, 1.807) is 24.3 Å². The topological polar surface area (TPSA) is 56.5 Å². The number of rotatable bonds is 6. The second-order valence-electron chi connectivity index (χ2n) is 9.40. The molecule has 0 saturated heterocycles. The average Bonchev–Trinajstić information content (AvgIpc) is 3.39. The molecule has 0 radical (unpaired) electrons. The monoisotopic (exact) mass is 589 g/mol. The van der Waals surface area contributed by atoms with Gasteiger partial charge < -0.3 is 13.9 Å². The van der Waals surface area contributed by atoms with Crippen molar-refractivity contribution in [1.29, 1.82) is 0 Å². The predicted molar refractivity (Wildman–Crippen MR) is 153 cm³/mol. The van der Waals surface area contributed by atoms with Crippen molar-refractivity contribution in [2.24, 2.45) is 0 Å². The quantitative estimate of drug-likeness (QED) is 0.243. The van der Waals surface area contributed by atoms with Crippen LogP contribution in [0.15, 0.2) is 76.3 Å². The highest BCUT2D eigenvalue weighted by molar-refractivity contribution is 9.10. The number of hydrogen-bond acceptors (Lipinski definition) is 3. The summed E-state index contributed by atoms with van der Waals surface area (Å²) in [6.07, 6.45) is 7.17. The Morgan fingerprint density at radius 2 is 1.76 bits per heavy atom. The van der Waals surface area contributed by atoms with Crippen LogP contribution in [0.4, 0.5) is 5.69 Å². The highest BCUT2D eigenvalue weighted by Gasteiger charge is 2.44. The third-order valence-electron chi connectivity index (χ3n) is 6.71. The molecule has 192 valence electrons. The van der Waals surface area contributed by atoms with E-state index in [2.05, 4.69) is 40.3 Å². The van der Waals surface area contributed by atoms with E-state index in [0.29, 0.717) is 10.6 Å². The van der Waals surface area contributed by atoms with Gasteiger partial charge in [0.05, 0.1) is 34.5 Å². The fourth-order valence-corrected chi connectivity index (χ4v) is 6.02. The lowest BCUT2D eigenvalue weighted by Crippen LogP contribution is -2.36. The van der Waals surface area contributed by atoms with Gasteiger partial charge in [-0.1, -0.05) is 41.8 Å². The van der Waals surface area contributed by atoms with Crippen LogP contribution >= 0.6 is 27.5 Å². The predicted octanol–water partition coefficient (Wildman–Crippen LogP) is 6.43. The highest BCUT2D eigenvalue weighted by Crippen LogP contribution is 2.44. The number of carbonyl (C=O) groups excluding carboxylic acids is 1. The van der Waals surface area contributed by atoms with Crippen molar-refractivity contribution in [3.63, 3.8) is 0 Å². The van der Waals surface area contributed by atoms with E-state index in [1.165, 1.54) is 4.57 Å². The number of halogens is 2. The summed E-state index contributed by atoms with van der Waals surface area (Å²) in [6, 6.07) is 17.9. The molecule has 6 nitrogen and oxygen atoms in total. The van der Waals surface area contributed by atoms with Gasteiger partial charge in [0, 0.05) is 17.8 Å². The largest absolute Gasteiger partial charge is 0.497 e. The molecule has 4 aromatic rings. The van der Waals surface area contributed by atoms with Crippen LogP contribution in [0.1, 0.15) is 58.7 Å². The molecular weight excluding hydrogens is 566 g/mol. The second-order valence-corrected chi connectivity index (χ2v) is 10.6. The van der Waals surface area contributed by atoms with E-state index in [9.17, 15) is 9.59 Å². The first-order chi connectivity index (χ1) is 18.2. The lowest BCUT2D eigenvalue weighted by atomic mass is 10.0. The van der Waals surface area contributed by atoms with E-state index in [4.69, 9.17) is 22.8 Å². The molecule has 0 saturated carbocycles. The first-order valence-electron chi connectivity index (χ1n) is 12.1. The second kappa shape index (κ2) is 10.2. The average molecular weight is 591 g/mol. The molecular formula is C30H25BrClN3O3. The van der Waals surface area contributed by atoms with Gasteiger partial charge in [-0.25, -0.2) is 0 Å². The number of aromatic nitrogens is 2. The van der Waals surface area contributed by atoms with Crippen molar-refractivity contribution >= 4 is 39.1 Å². The van der Waals surface area contributed by atoms with E-state index >= 15 is 0 Å². The summed E-state index contributed by atoms with van der Waals surface area (Å²) in [6.45, 7) is 4.40. The molecule has 5 rings (SSSR count). The number of terminal acetylenes is 1. The SMILES string of the molecule is C#Cc1ccc(C2c3c(cc(Br)n3C(C)C)C(=O)N2c2cc(Cl)cn(Cc3ccc(OC)cc3)c2=O)cc1. The van der Waals surface area contributed by atoms with E-state index in [-0.39, 0.29) is 29.7 Å². The zero-order valence-electron chi connectivity index (χ0n) is 21.1. The molecule has 0 bridgehead atoms. The minimum Gasteiger partial charge on any atom is -0.497 e. The summed E-state index contributed by atoms with van der Waals surface area (Å²) in [4.78, 5) is 29.4. The van der Waals surface area contributed by atoms with Crippen molar-refractivity contribution in [2.75, 3.05) is 12.0 Å². The molecule has 1 atom stereocenters. The molecule has 1 aliphatic heterocycles. The maximum absolute atomic E-state index is 14.0. The molecule has 0 spiro atoms. The summed E-state index contributed by atoms with van der Waals surface area (Å²) in [5, 5.41) is 0.354. The molecule has 1 aliphatic rings. The zero-order valence-corrected chi connectivity index (χ0v) is 23.5. The molecule has 2 aromatic heterocycles. The fourth-order valence-electron chi connectivity index (χ4n) is 4.97. The van der Waals surface area contributed by atoms with E-state index in [0.717, 1.165) is 32.7 Å². The van der Waals surface area contributed by atoms with Crippen LogP contribution in [0.3, 0.4) is 0 Å². The number of anilines is 1. The smallest absolute Gasteiger partial charge is 0.274 e. The van der Waals surface area contributed by atoms with Crippen molar-refractivity contribution < 1.29 is 9.53 Å². The zero-order chi connectivity index (χ0) is 27.1. The van der Waals surface area contributed by atoms with Crippen molar-refractivity contribution in [2.45, 2.75) is 32.5 Å². The third kappa shape index (κ3) is 4.44. The maximum atomic E-state index is 14.0. The summed E-state index contributed by atoms with van der Waals surface area (Å²) in [5.41, 5.74) is 3.71. The van der Waals surface area contributed by atoms with E-state index < -0.39 is 6.04 Å². The normalized spacial score (nSPS) is 14.6. The highest BCUT2D eigenvalue weighted by atomic mass is 79.9. The third-order valence-corrected chi connectivity index (χ3v) is 7.53. The van der Waals surface area contributed by atoms with Gasteiger partial charge in [0.1, 0.15) is 17.5 Å². The molecule has 38 heavy (non-hydrogen) atoms. The van der Waals surface area contributed by atoms with Crippen molar-refractivity contribution in [1.82, 2.24) is 9.13 Å². The lowest BCUT2D eigenvalue weighted by Gasteiger charge is -2.28. The number of hydrogen-bond donors (Lipinski definition) is 0. The van der Waals surface area contributed by atoms with Crippen LogP contribution in [-0.2, 0) is 6.54 Å². The Kier molecular flexibility index (Phi) is 6.95. The summed E-state index contributed by atoms with van der Waals surface area (Å²) in [7, 11) is 1.60. The van der Waals surface area contributed by atoms with Crippen LogP contribution in [-0.4, -0.2) is 22.2 Å². The van der Waals surface area contributed by atoms with Crippen LogP contribution in [0.5, 0.6) is 5.75 Å². The van der Waals surface area contributed by atoms with Crippen LogP contribution in [0, 0.1) is 12.3 Å². The molecule has 3 heterocycles. The molecule has 2 aromatic carbocycles. The first-order valence-corrected chi connectivity index (χ1v) is 13.2. The number of benzene rings is 2. The first kappa shape index (κ1) is 25.9. The van der Waals surface area contributed by atoms with Gasteiger partial charge >= 0.3 is 0 Å². The van der Waals surface area contributed by atoms with Crippen molar-refractivity contribution in [3.8, 4) is 18.1 Å². The Hall–Kier alpha value is -3.73. The Morgan fingerprint density at radius 1 is 1.08 bits per heavy atom. The number of nitrogens with zero attached hydrogens (tertiary/aromatic N) is 3. The van der Waals surface area contributed by atoms with Gasteiger partial charge in [-0.3, -0.25) is 14.5 Å². The molecule has 1 amide bonds. The summed E-state index contributed by atoms with van der Waals surface area (Å²) >= 11 is 10.2. The minimum absolute atomic E-state index is 0.0689. The lowest BCUT2D eigenvalue weighted by molar-refractivity contribution is 0.0993. The Morgan fingerprint density at radius 3 is 2.37 bits per heavy atom. The van der Waals surface area contributed by atoms with Crippen LogP contribution < -0.4 is 15.2 Å². The van der Waals surface area contributed by atoms with Gasteiger partial charge in [-0.2, -0.15) is 0 Å². The summed E-state index contributed by atoms with van der Waals surface area (Å²) < 4.78 is 9.65. The number of methoxy groups -OCH3 is 1. The molecule has 0 aliphatic carbocycles. The number of amides is 1. The molecule has 0 N–H and O–H groups in total. The number of fused-ring (bicyclic) bond motifs is 1. The van der Waals surface area contributed by atoms with E-state index in [1.807, 2.05) is 54.6 Å². The van der Waals surface area contributed by atoms with Gasteiger partial charge in [0.25, 0.3) is 11.5 Å². The van der Waals surface area contributed by atoms with Crippen LogP contribution in [0.2, 0.25) is 5.02 Å². The molecule has 1 unspecified atom stereocenters. The maximum Gasteiger partial charge on any atom is 0.274 e.